The minimum atomic E-state index is -0.852. The molecule has 0 saturated carbocycles. The molecule has 1 unspecified atom stereocenters. The number of carboxylic acid groups (broad SMARTS) is 1. The van der Waals surface area contributed by atoms with Crippen LogP contribution in [0.2, 0.25) is 0 Å². The Morgan fingerprint density at radius 3 is 2.85 bits per heavy atom. The average Bonchev–Trinajstić information content (AvgIpc) is 2.91. The Hall–Kier alpha value is -1.37. The fourth-order valence-electron chi connectivity index (χ4n) is 1.87. The number of aliphatic carboxylic acids is 1. The van der Waals surface area contributed by atoms with E-state index in [-0.39, 0.29) is 18.2 Å². The molecule has 20 heavy (non-hydrogen) atoms. The molecule has 0 aliphatic rings. The Kier molecular flexibility index (Phi) is 5.17. The van der Waals surface area contributed by atoms with Gasteiger partial charge >= 0.3 is 5.97 Å². The van der Waals surface area contributed by atoms with E-state index in [1.54, 1.807) is 12.1 Å². The molecule has 0 bridgehead atoms. The first-order chi connectivity index (χ1) is 9.56. The highest BCUT2D eigenvalue weighted by molar-refractivity contribution is 9.10. The van der Waals surface area contributed by atoms with Gasteiger partial charge in [-0.15, -0.1) is 11.3 Å². The lowest BCUT2D eigenvalue weighted by molar-refractivity contribution is -0.137. The second-order valence-electron chi connectivity index (χ2n) is 4.32. The molecular formula is C14H14BrNO3S. The highest BCUT2D eigenvalue weighted by Crippen LogP contribution is 2.25. The predicted octanol–water partition coefficient (Wildman–Crippen LogP) is 3.52. The molecule has 1 atom stereocenters. The Balaban J connectivity index is 2.08. The lowest BCUT2D eigenvalue weighted by atomic mass is 10.1. The Bertz CT molecular complexity index is 586. The number of nitrogens with one attached hydrogen (secondary N) is 1. The number of halogens is 1. The topological polar surface area (TPSA) is 69.6 Å². The highest BCUT2D eigenvalue weighted by atomic mass is 79.9. The van der Waals surface area contributed by atoms with Crippen molar-refractivity contribution in [2.75, 3.05) is 0 Å². The SMILES string of the molecule is O=C(O)CC(NCc1cc(Br)ccc1O)c1cccs1. The monoisotopic (exact) mass is 355 g/mol. The summed E-state index contributed by atoms with van der Waals surface area (Å²) in [6.07, 6.45) is 0.00920. The molecule has 0 saturated heterocycles. The molecule has 1 aromatic heterocycles. The number of carboxylic acids is 1. The summed E-state index contributed by atoms with van der Waals surface area (Å²) in [5.41, 5.74) is 0.728. The molecule has 3 N–H and O–H groups in total. The number of benzene rings is 1. The minimum absolute atomic E-state index is 0.00920. The number of aromatic hydroxyl groups is 1. The highest BCUT2D eigenvalue weighted by Gasteiger charge is 2.16. The zero-order valence-corrected chi connectivity index (χ0v) is 12.9. The van der Waals surface area contributed by atoms with Crippen LogP contribution in [0.25, 0.3) is 0 Å². The number of hydrogen-bond donors (Lipinski definition) is 3. The number of thiophene rings is 1. The van der Waals surface area contributed by atoms with Crippen LogP contribution in [0.15, 0.2) is 40.2 Å². The molecule has 2 aromatic rings. The van der Waals surface area contributed by atoms with E-state index in [1.807, 2.05) is 23.6 Å². The van der Waals surface area contributed by atoms with E-state index in [2.05, 4.69) is 21.2 Å². The average molecular weight is 356 g/mol. The van der Waals surface area contributed by atoms with Crippen LogP contribution in [0.5, 0.6) is 5.75 Å². The van der Waals surface area contributed by atoms with Crippen molar-refractivity contribution in [1.82, 2.24) is 5.32 Å². The summed E-state index contributed by atoms with van der Waals surface area (Å²) >= 11 is 4.87. The molecule has 0 aliphatic carbocycles. The molecule has 0 amide bonds. The molecule has 0 spiro atoms. The molecule has 4 nitrogen and oxygen atoms in total. The van der Waals surface area contributed by atoms with Crippen molar-refractivity contribution in [1.29, 1.82) is 0 Å². The van der Waals surface area contributed by atoms with E-state index in [4.69, 9.17) is 5.11 Å². The Morgan fingerprint density at radius 2 is 2.20 bits per heavy atom. The summed E-state index contributed by atoms with van der Waals surface area (Å²) in [5, 5.41) is 23.9. The van der Waals surface area contributed by atoms with Crippen molar-refractivity contribution >= 4 is 33.2 Å². The lowest BCUT2D eigenvalue weighted by Gasteiger charge is -2.16. The third-order valence-electron chi connectivity index (χ3n) is 2.85. The number of phenolic OH excluding ortho intramolecular Hbond substituents is 1. The molecule has 106 valence electrons. The van der Waals surface area contributed by atoms with Gasteiger partial charge in [0.1, 0.15) is 5.75 Å². The van der Waals surface area contributed by atoms with Gasteiger partial charge in [0, 0.05) is 21.5 Å². The van der Waals surface area contributed by atoms with E-state index >= 15 is 0 Å². The number of carbonyl (C=O) groups is 1. The second-order valence-corrected chi connectivity index (χ2v) is 6.21. The molecule has 1 heterocycles. The standard InChI is InChI=1S/C14H14BrNO3S/c15-10-3-4-12(17)9(6-10)8-16-11(7-14(18)19)13-2-1-5-20-13/h1-6,11,16-17H,7-8H2,(H,18,19). The van der Waals surface area contributed by atoms with Crippen LogP contribution in [-0.2, 0) is 11.3 Å². The zero-order valence-electron chi connectivity index (χ0n) is 10.5. The molecule has 0 fully saturated rings. The van der Waals surface area contributed by atoms with Crippen molar-refractivity contribution in [3.8, 4) is 5.75 Å². The first-order valence-corrected chi connectivity index (χ1v) is 7.69. The van der Waals surface area contributed by atoms with Crippen molar-refractivity contribution in [3.05, 3.63) is 50.6 Å². The third-order valence-corrected chi connectivity index (χ3v) is 4.33. The summed E-state index contributed by atoms with van der Waals surface area (Å²) in [6.45, 7) is 0.404. The molecule has 1 aromatic carbocycles. The van der Waals surface area contributed by atoms with Crippen LogP contribution in [0, 0.1) is 0 Å². The summed E-state index contributed by atoms with van der Waals surface area (Å²) < 4.78 is 0.873. The van der Waals surface area contributed by atoms with E-state index in [1.165, 1.54) is 11.3 Å². The quantitative estimate of drug-likeness (QED) is 0.741. The molecule has 2 rings (SSSR count). The predicted molar refractivity (Wildman–Crippen MR) is 82.0 cm³/mol. The van der Waals surface area contributed by atoms with E-state index < -0.39 is 5.97 Å². The fourth-order valence-corrected chi connectivity index (χ4v) is 3.08. The van der Waals surface area contributed by atoms with Gasteiger partial charge in [0.05, 0.1) is 12.5 Å². The van der Waals surface area contributed by atoms with Gasteiger partial charge in [0.2, 0.25) is 0 Å². The van der Waals surface area contributed by atoms with Crippen LogP contribution in [0.3, 0.4) is 0 Å². The zero-order chi connectivity index (χ0) is 14.5. The number of phenols is 1. The minimum Gasteiger partial charge on any atom is -0.508 e. The maximum absolute atomic E-state index is 10.9. The number of rotatable bonds is 6. The van der Waals surface area contributed by atoms with Gasteiger partial charge in [0.25, 0.3) is 0 Å². The fraction of sp³-hybridized carbons (Fsp3) is 0.214. The van der Waals surface area contributed by atoms with Crippen molar-refractivity contribution in [2.24, 2.45) is 0 Å². The lowest BCUT2D eigenvalue weighted by Crippen LogP contribution is -2.22. The van der Waals surface area contributed by atoms with Gasteiger partial charge in [-0.05, 0) is 29.6 Å². The molecular weight excluding hydrogens is 342 g/mol. The van der Waals surface area contributed by atoms with Crippen LogP contribution >= 0.6 is 27.3 Å². The summed E-state index contributed by atoms with van der Waals surface area (Å²) in [4.78, 5) is 11.9. The van der Waals surface area contributed by atoms with Crippen LogP contribution in [0.4, 0.5) is 0 Å². The van der Waals surface area contributed by atoms with Gasteiger partial charge in [-0.1, -0.05) is 22.0 Å². The first kappa shape index (κ1) is 15.0. The van der Waals surface area contributed by atoms with Gasteiger partial charge < -0.3 is 15.5 Å². The normalized spacial score (nSPS) is 12.2. The number of hydrogen-bond acceptors (Lipinski definition) is 4. The third kappa shape index (κ3) is 4.06. The maximum atomic E-state index is 10.9. The molecule has 6 heteroatoms. The summed E-state index contributed by atoms with van der Waals surface area (Å²) in [6, 6.07) is 8.73. The summed E-state index contributed by atoms with van der Waals surface area (Å²) in [5.74, 6) is -0.657. The largest absolute Gasteiger partial charge is 0.508 e. The molecule has 0 aliphatic heterocycles. The van der Waals surface area contributed by atoms with Crippen molar-refractivity contribution in [2.45, 2.75) is 19.0 Å². The first-order valence-electron chi connectivity index (χ1n) is 6.02. The second kappa shape index (κ2) is 6.88. The van der Waals surface area contributed by atoms with E-state index in [9.17, 15) is 9.90 Å². The Morgan fingerprint density at radius 1 is 1.40 bits per heavy atom. The van der Waals surface area contributed by atoms with Crippen molar-refractivity contribution in [3.63, 3.8) is 0 Å². The van der Waals surface area contributed by atoms with Gasteiger partial charge in [-0.25, -0.2) is 0 Å². The van der Waals surface area contributed by atoms with E-state index in [0.717, 1.165) is 14.9 Å². The van der Waals surface area contributed by atoms with Crippen molar-refractivity contribution < 1.29 is 15.0 Å². The van der Waals surface area contributed by atoms with Crippen LogP contribution in [-0.4, -0.2) is 16.2 Å². The Labute approximate surface area is 129 Å². The van der Waals surface area contributed by atoms with Gasteiger partial charge in [-0.2, -0.15) is 0 Å². The van der Waals surface area contributed by atoms with Crippen LogP contribution in [0.1, 0.15) is 22.9 Å². The summed E-state index contributed by atoms with van der Waals surface area (Å²) in [7, 11) is 0. The van der Waals surface area contributed by atoms with Gasteiger partial charge in [0.15, 0.2) is 0 Å². The van der Waals surface area contributed by atoms with Crippen LogP contribution < -0.4 is 5.32 Å². The molecule has 0 radical (unpaired) electrons. The van der Waals surface area contributed by atoms with Gasteiger partial charge in [-0.3, -0.25) is 4.79 Å². The smallest absolute Gasteiger partial charge is 0.305 e. The maximum Gasteiger partial charge on any atom is 0.305 e. The van der Waals surface area contributed by atoms with E-state index in [0.29, 0.717) is 6.54 Å².